The van der Waals surface area contributed by atoms with Crippen molar-refractivity contribution < 1.29 is 24.9 Å². The molecule has 0 aromatic heterocycles. The molecular formula is C13H14O5. The van der Waals surface area contributed by atoms with E-state index in [0.29, 0.717) is 11.1 Å². The van der Waals surface area contributed by atoms with Crippen LogP contribution >= 0.6 is 0 Å². The maximum absolute atomic E-state index is 11.4. The van der Waals surface area contributed by atoms with Crippen LogP contribution in [0.15, 0.2) is 24.0 Å². The van der Waals surface area contributed by atoms with E-state index >= 15 is 0 Å². The number of aliphatic hydroxyl groups excluding tert-OH is 2. The van der Waals surface area contributed by atoms with Crippen LogP contribution in [-0.2, 0) is 4.79 Å². The van der Waals surface area contributed by atoms with Crippen LogP contribution in [0.25, 0.3) is 5.57 Å². The fourth-order valence-corrected chi connectivity index (χ4v) is 2.14. The lowest BCUT2D eigenvalue weighted by Crippen LogP contribution is -2.05. The highest BCUT2D eigenvalue weighted by molar-refractivity contribution is 6.05. The first-order valence-electron chi connectivity index (χ1n) is 5.53. The molecule has 1 aliphatic carbocycles. The number of Topliss-reactive ketones (excluding diaryl/α,β-unsaturated/α-hetero) is 1. The molecule has 0 spiro atoms. The van der Waals surface area contributed by atoms with Crippen molar-refractivity contribution in [2.24, 2.45) is 5.92 Å². The Morgan fingerprint density at radius 3 is 2.72 bits per heavy atom. The van der Waals surface area contributed by atoms with Crippen LogP contribution in [0, 0.1) is 5.92 Å². The summed E-state index contributed by atoms with van der Waals surface area (Å²) in [6, 6.07) is 4.53. The molecule has 3 N–H and O–H groups in total. The molecule has 5 heteroatoms. The second-order valence-electron chi connectivity index (χ2n) is 4.16. The van der Waals surface area contributed by atoms with E-state index in [1.54, 1.807) is 6.07 Å². The number of benzene rings is 1. The number of methoxy groups -OCH3 is 1. The van der Waals surface area contributed by atoms with E-state index in [0.717, 1.165) is 0 Å². The zero-order valence-electron chi connectivity index (χ0n) is 9.88. The van der Waals surface area contributed by atoms with Gasteiger partial charge in [-0.15, -0.1) is 0 Å². The maximum Gasteiger partial charge on any atom is 0.198 e. The quantitative estimate of drug-likeness (QED) is 0.751. The molecule has 1 aliphatic rings. The van der Waals surface area contributed by atoms with Crippen LogP contribution in [0.1, 0.15) is 12.0 Å². The molecule has 0 heterocycles. The second kappa shape index (κ2) is 4.70. The number of aromatic hydroxyl groups is 1. The summed E-state index contributed by atoms with van der Waals surface area (Å²) < 4.78 is 4.97. The summed E-state index contributed by atoms with van der Waals surface area (Å²) in [4.78, 5) is 11.4. The standard InChI is InChI=1S/C13H14O5/c1-18-11-5-7(2-3-9(11)15)12-8(6-14)4-10(16)13(12)17/h2-3,5,8,14-15,17H,4,6H2,1H3. The molecule has 1 aromatic rings. The molecule has 0 saturated carbocycles. The van der Waals surface area contributed by atoms with Gasteiger partial charge < -0.3 is 20.1 Å². The van der Waals surface area contributed by atoms with Gasteiger partial charge in [0.2, 0.25) is 0 Å². The van der Waals surface area contributed by atoms with Gasteiger partial charge in [-0.05, 0) is 17.7 Å². The summed E-state index contributed by atoms with van der Waals surface area (Å²) in [5, 5.41) is 28.5. The van der Waals surface area contributed by atoms with E-state index in [9.17, 15) is 20.1 Å². The van der Waals surface area contributed by atoms with Gasteiger partial charge in [0.15, 0.2) is 23.0 Å². The summed E-state index contributed by atoms with van der Waals surface area (Å²) in [5.41, 5.74) is 0.966. The monoisotopic (exact) mass is 250 g/mol. The van der Waals surface area contributed by atoms with Crippen LogP contribution in [0.5, 0.6) is 11.5 Å². The number of phenols is 1. The number of aliphatic hydroxyl groups is 2. The van der Waals surface area contributed by atoms with Crippen molar-refractivity contribution in [3.05, 3.63) is 29.5 Å². The molecule has 18 heavy (non-hydrogen) atoms. The Kier molecular flexibility index (Phi) is 3.25. The van der Waals surface area contributed by atoms with Crippen molar-refractivity contribution in [1.82, 2.24) is 0 Å². The van der Waals surface area contributed by atoms with Gasteiger partial charge in [-0.2, -0.15) is 0 Å². The third-order valence-corrected chi connectivity index (χ3v) is 3.07. The van der Waals surface area contributed by atoms with Crippen molar-refractivity contribution in [2.75, 3.05) is 13.7 Å². The number of carbonyl (C=O) groups excluding carboxylic acids is 1. The number of rotatable bonds is 3. The van der Waals surface area contributed by atoms with Crippen LogP contribution in [0.3, 0.4) is 0 Å². The Labute approximate surface area is 104 Å². The van der Waals surface area contributed by atoms with Crippen molar-refractivity contribution in [3.63, 3.8) is 0 Å². The average Bonchev–Trinajstić information content (AvgIpc) is 2.66. The van der Waals surface area contributed by atoms with Crippen molar-refractivity contribution in [2.45, 2.75) is 6.42 Å². The van der Waals surface area contributed by atoms with Gasteiger partial charge in [-0.1, -0.05) is 6.07 Å². The van der Waals surface area contributed by atoms with Gasteiger partial charge in [0.05, 0.1) is 13.7 Å². The predicted molar refractivity (Wildman–Crippen MR) is 64.4 cm³/mol. The molecule has 96 valence electrons. The van der Waals surface area contributed by atoms with E-state index in [-0.39, 0.29) is 36.1 Å². The third-order valence-electron chi connectivity index (χ3n) is 3.07. The summed E-state index contributed by atoms with van der Waals surface area (Å²) in [7, 11) is 1.41. The number of carbonyl (C=O) groups is 1. The molecule has 0 fully saturated rings. The predicted octanol–water partition coefficient (Wildman–Crippen LogP) is 1.25. The lowest BCUT2D eigenvalue weighted by Gasteiger charge is -2.12. The first-order chi connectivity index (χ1) is 8.58. The molecule has 5 nitrogen and oxygen atoms in total. The third kappa shape index (κ3) is 1.93. The van der Waals surface area contributed by atoms with Crippen LogP contribution in [0.2, 0.25) is 0 Å². The minimum Gasteiger partial charge on any atom is -0.504 e. The van der Waals surface area contributed by atoms with Gasteiger partial charge in [0.25, 0.3) is 0 Å². The zero-order chi connectivity index (χ0) is 13.3. The Hall–Kier alpha value is -2.01. The van der Waals surface area contributed by atoms with Gasteiger partial charge in [-0.25, -0.2) is 0 Å². The van der Waals surface area contributed by atoms with Crippen LogP contribution in [0.4, 0.5) is 0 Å². The molecule has 0 aliphatic heterocycles. The highest BCUT2D eigenvalue weighted by atomic mass is 16.5. The summed E-state index contributed by atoms with van der Waals surface area (Å²) >= 11 is 0. The highest BCUT2D eigenvalue weighted by Crippen LogP contribution is 2.38. The first kappa shape index (κ1) is 12.4. The average molecular weight is 250 g/mol. The minimum absolute atomic E-state index is 0.0220. The summed E-state index contributed by atoms with van der Waals surface area (Å²) in [6.07, 6.45) is 0.0981. The lowest BCUT2D eigenvalue weighted by molar-refractivity contribution is -0.117. The van der Waals surface area contributed by atoms with Gasteiger partial charge in [-0.3, -0.25) is 4.79 Å². The molecule has 0 saturated heterocycles. The Bertz CT molecular complexity index is 518. The van der Waals surface area contributed by atoms with Crippen molar-refractivity contribution >= 4 is 11.4 Å². The Morgan fingerprint density at radius 1 is 1.39 bits per heavy atom. The topological polar surface area (TPSA) is 87.0 Å². The van der Waals surface area contributed by atoms with Gasteiger partial charge in [0.1, 0.15) is 0 Å². The fourth-order valence-electron chi connectivity index (χ4n) is 2.14. The van der Waals surface area contributed by atoms with Crippen LogP contribution in [-0.4, -0.2) is 34.8 Å². The van der Waals surface area contributed by atoms with E-state index in [4.69, 9.17) is 4.74 Å². The van der Waals surface area contributed by atoms with Crippen LogP contribution < -0.4 is 4.74 Å². The molecule has 1 unspecified atom stereocenters. The van der Waals surface area contributed by atoms with Crippen molar-refractivity contribution in [1.29, 1.82) is 0 Å². The molecule has 0 radical (unpaired) electrons. The van der Waals surface area contributed by atoms with E-state index in [2.05, 4.69) is 0 Å². The first-order valence-corrected chi connectivity index (χ1v) is 5.53. The molecule has 0 amide bonds. The number of ketones is 1. The largest absolute Gasteiger partial charge is 0.504 e. The number of hydrogen-bond acceptors (Lipinski definition) is 5. The number of allylic oxidation sites excluding steroid dienone is 1. The zero-order valence-corrected chi connectivity index (χ0v) is 9.88. The Morgan fingerprint density at radius 2 is 2.11 bits per heavy atom. The fraction of sp³-hybridized carbons (Fsp3) is 0.308. The summed E-state index contributed by atoms with van der Waals surface area (Å²) in [6.45, 7) is -0.214. The lowest BCUT2D eigenvalue weighted by atomic mass is 9.95. The van der Waals surface area contributed by atoms with Gasteiger partial charge >= 0.3 is 0 Å². The van der Waals surface area contributed by atoms with Crippen molar-refractivity contribution in [3.8, 4) is 11.5 Å². The number of phenolic OH excluding ortho intramolecular Hbond substituents is 1. The highest BCUT2D eigenvalue weighted by Gasteiger charge is 2.32. The SMILES string of the molecule is COc1cc(C2=C(O)C(=O)CC2CO)ccc1O. The molecule has 0 bridgehead atoms. The normalized spacial score (nSPS) is 19.4. The second-order valence-corrected chi connectivity index (χ2v) is 4.16. The van der Waals surface area contributed by atoms with Gasteiger partial charge in [0, 0.05) is 17.9 Å². The molecule has 1 aromatic carbocycles. The van der Waals surface area contributed by atoms with E-state index in [1.165, 1.54) is 19.2 Å². The smallest absolute Gasteiger partial charge is 0.198 e. The summed E-state index contributed by atoms with van der Waals surface area (Å²) in [5.74, 6) is -0.875. The molecule has 2 rings (SSSR count). The maximum atomic E-state index is 11.4. The Balaban J connectivity index is 2.50. The molecule has 1 atom stereocenters. The van der Waals surface area contributed by atoms with E-state index in [1.807, 2.05) is 0 Å². The number of hydrogen-bond donors (Lipinski definition) is 3. The van der Waals surface area contributed by atoms with E-state index < -0.39 is 5.92 Å². The minimum atomic E-state index is -0.410. The molecular weight excluding hydrogens is 236 g/mol. The number of ether oxygens (including phenoxy) is 1.